The highest BCUT2D eigenvalue weighted by Gasteiger charge is 2.06. The number of hydrogen-bond donors (Lipinski definition) is 0. The Morgan fingerprint density at radius 2 is 2.16 bits per heavy atom. The van der Waals surface area contributed by atoms with Crippen molar-refractivity contribution in [2.45, 2.75) is 6.54 Å². The van der Waals surface area contributed by atoms with Gasteiger partial charge in [-0.3, -0.25) is 14.0 Å². The monoisotopic (exact) mass is 318 g/mol. The van der Waals surface area contributed by atoms with Crippen LogP contribution in [0.1, 0.15) is 5.69 Å². The van der Waals surface area contributed by atoms with Gasteiger partial charge in [-0.05, 0) is 24.3 Å². The van der Waals surface area contributed by atoms with Crippen molar-refractivity contribution in [1.82, 2.24) is 19.3 Å². The minimum absolute atomic E-state index is 0.0526. The highest BCUT2D eigenvalue weighted by Crippen LogP contribution is 2.15. The van der Waals surface area contributed by atoms with Gasteiger partial charge in [0.1, 0.15) is 0 Å². The predicted octanol–water partition coefficient (Wildman–Crippen LogP) is 1.94. The summed E-state index contributed by atoms with van der Waals surface area (Å²) in [7, 11) is 1.85. The van der Waals surface area contributed by atoms with Crippen molar-refractivity contribution in [1.29, 1.82) is 0 Å². The molecule has 2 heterocycles. The topological polar surface area (TPSA) is 52.7 Å². The van der Waals surface area contributed by atoms with E-state index in [1.807, 2.05) is 31.4 Å². The zero-order valence-corrected chi connectivity index (χ0v) is 11.8. The van der Waals surface area contributed by atoms with E-state index >= 15 is 0 Å². The normalized spacial score (nSPS) is 11.1. The lowest BCUT2D eigenvalue weighted by Crippen LogP contribution is -2.21. The van der Waals surface area contributed by atoms with Crippen molar-refractivity contribution in [3.05, 3.63) is 57.3 Å². The van der Waals surface area contributed by atoms with E-state index in [0.717, 1.165) is 10.2 Å². The van der Waals surface area contributed by atoms with Crippen LogP contribution in [-0.4, -0.2) is 19.3 Å². The lowest BCUT2D eigenvalue weighted by molar-refractivity contribution is 0.687. The molecule has 3 aromatic rings. The molecule has 0 saturated heterocycles. The van der Waals surface area contributed by atoms with Gasteiger partial charge in [0.2, 0.25) is 0 Å². The number of hydrogen-bond acceptors (Lipinski definition) is 3. The third kappa shape index (κ3) is 2.31. The fourth-order valence-electron chi connectivity index (χ4n) is 1.97. The molecule has 5 nitrogen and oxygen atoms in total. The quantitative estimate of drug-likeness (QED) is 0.725. The first-order chi connectivity index (χ1) is 9.13. The summed E-state index contributed by atoms with van der Waals surface area (Å²) in [5, 5.41) is 4.88. The third-order valence-corrected chi connectivity index (χ3v) is 3.38. The van der Waals surface area contributed by atoms with Crippen LogP contribution >= 0.6 is 15.9 Å². The molecule has 0 aliphatic heterocycles. The Kier molecular flexibility index (Phi) is 2.94. The van der Waals surface area contributed by atoms with Gasteiger partial charge >= 0.3 is 0 Å². The van der Waals surface area contributed by atoms with E-state index in [1.54, 1.807) is 21.6 Å². The van der Waals surface area contributed by atoms with Gasteiger partial charge < -0.3 is 0 Å². The van der Waals surface area contributed by atoms with E-state index in [4.69, 9.17) is 0 Å². The minimum atomic E-state index is -0.0526. The molecule has 19 heavy (non-hydrogen) atoms. The molecule has 0 N–H and O–H groups in total. The molecule has 0 saturated carbocycles. The Bertz CT molecular complexity index is 806. The molecule has 0 atom stereocenters. The largest absolute Gasteiger partial charge is 0.293 e. The molecule has 0 aliphatic rings. The van der Waals surface area contributed by atoms with Crippen LogP contribution < -0.4 is 5.56 Å². The zero-order valence-electron chi connectivity index (χ0n) is 10.2. The summed E-state index contributed by atoms with van der Waals surface area (Å²) < 4.78 is 4.19. The molecular formula is C13H11BrN4O. The molecule has 6 heteroatoms. The van der Waals surface area contributed by atoms with Gasteiger partial charge in [0.25, 0.3) is 5.56 Å². The number of benzene rings is 1. The molecule has 0 amide bonds. The van der Waals surface area contributed by atoms with Crippen LogP contribution in [0, 0.1) is 0 Å². The van der Waals surface area contributed by atoms with Crippen LogP contribution in [0.15, 0.2) is 46.1 Å². The number of fused-ring (bicyclic) bond motifs is 1. The zero-order chi connectivity index (χ0) is 13.4. The minimum Gasteiger partial charge on any atom is -0.293 e. The summed E-state index contributed by atoms with van der Waals surface area (Å²) in [6, 6.07) is 7.35. The van der Waals surface area contributed by atoms with Gasteiger partial charge in [-0.15, -0.1) is 0 Å². The Labute approximate surface area is 117 Å². The van der Waals surface area contributed by atoms with Gasteiger partial charge in [0, 0.05) is 17.7 Å². The summed E-state index contributed by atoms with van der Waals surface area (Å²) in [6.45, 7) is 0.429. The second-order valence-electron chi connectivity index (χ2n) is 4.32. The first-order valence-electron chi connectivity index (χ1n) is 5.77. The molecule has 0 aliphatic carbocycles. The van der Waals surface area contributed by atoms with E-state index in [1.165, 1.54) is 0 Å². The van der Waals surface area contributed by atoms with E-state index in [0.29, 0.717) is 17.4 Å². The first kappa shape index (κ1) is 12.1. The molecule has 3 rings (SSSR count). The molecule has 0 unspecified atom stereocenters. The Balaban J connectivity index is 2.08. The smallest absolute Gasteiger partial charge is 0.261 e. The van der Waals surface area contributed by atoms with E-state index in [-0.39, 0.29) is 5.56 Å². The fourth-order valence-corrected chi connectivity index (χ4v) is 2.32. The lowest BCUT2D eigenvalue weighted by atomic mass is 10.2. The van der Waals surface area contributed by atoms with Crippen molar-refractivity contribution in [2.24, 2.45) is 7.05 Å². The van der Waals surface area contributed by atoms with Crippen LogP contribution in [0.25, 0.3) is 10.9 Å². The number of nitrogens with zero attached hydrogens (tertiary/aromatic N) is 4. The molecule has 0 bridgehead atoms. The highest BCUT2D eigenvalue weighted by molar-refractivity contribution is 9.10. The molecule has 2 aromatic heterocycles. The average molecular weight is 319 g/mol. The maximum atomic E-state index is 12.3. The lowest BCUT2D eigenvalue weighted by Gasteiger charge is -2.04. The summed E-state index contributed by atoms with van der Waals surface area (Å²) in [5.41, 5.74) is 1.47. The Morgan fingerprint density at radius 3 is 2.89 bits per heavy atom. The van der Waals surface area contributed by atoms with Crippen LogP contribution in [-0.2, 0) is 13.6 Å². The fraction of sp³-hybridized carbons (Fsp3) is 0.154. The summed E-state index contributed by atoms with van der Waals surface area (Å²) in [4.78, 5) is 16.6. The molecular weight excluding hydrogens is 308 g/mol. The van der Waals surface area contributed by atoms with E-state index in [2.05, 4.69) is 26.0 Å². The summed E-state index contributed by atoms with van der Waals surface area (Å²) in [5.74, 6) is 0. The van der Waals surface area contributed by atoms with Crippen LogP contribution in [0.2, 0.25) is 0 Å². The van der Waals surface area contributed by atoms with Gasteiger partial charge in [-0.25, -0.2) is 4.98 Å². The van der Waals surface area contributed by atoms with E-state index < -0.39 is 0 Å². The summed E-state index contributed by atoms with van der Waals surface area (Å²) in [6.07, 6.45) is 3.41. The van der Waals surface area contributed by atoms with Crippen molar-refractivity contribution < 1.29 is 0 Å². The number of halogens is 1. The van der Waals surface area contributed by atoms with Gasteiger partial charge in [-0.1, -0.05) is 15.9 Å². The highest BCUT2D eigenvalue weighted by atomic mass is 79.9. The first-order valence-corrected chi connectivity index (χ1v) is 6.56. The number of aryl methyl sites for hydroxylation is 1. The van der Waals surface area contributed by atoms with Gasteiger partial charge in [-0.2, -0.15) is 5.10 Å². The van der Waals surface area contributed by atoms with Crippen LogP contribution in [0.5, 0.6) is 0 Å². The maximum absolute atomic E-state index is 12.3. The van der Waals surface area contributed by atoms with Crippen molar-refractivity contribution in [3.8, 4) is 0 Å². The number of rotatable bonds is 2. The third-order valence-electron chi connectivity index (χ3n) is 2.89. The van der Waals surface area contributed by atoms with Crippen molar-refractivity contribution in [3.63, 3.8) is 0 Å². The second-order valence-corrected chi connectivity index (χ2v) is 5.24. The average Bonchev–Trinajstić information content (AvgIpc) is 2.78. The molecule has 0 fully saturated rings. The van der Waals surface area contributed by atoms with Crippen LogP contribution in [0.4, 0.5) is 0 Å². The van der Waals surface area contributed by atoms with Gasteiger partial charge in [0.05, 0.1) is 29.5 Å². The van der Waals surface area contributed by atoms with Crippen LogP contribution in [0.3, 0.4) is 0 Å². The Morgan fingerprint density at radius 1 is 1.32 bits per heavy atom. The maximum Gasteiger partial charge on any atom is 0.261 e. The molecule has 0 spiro atoms. The predicted molar refractivity (Wildman–Crippen MR) is 76.0 cm³/mol. The standard InChI is InChI=1S/C13H11BrN4O/c1-17-5-4-10(16-17)7-18-8-15-12-6-9(14)2-3-11(12)13(18)19/h2-6,8H,7H2,1H3. The van der Waals surface area contributed by atoms with Crippen molar-refractivity contribution >= 4 is 26.8 Å². The summed E-state index contributed by atoms with van der Waals surface area (Å²) >= 11 is 3.37. The van der Waals surface area contributed by atoms with E-state index in [9.17, 15) is 4.79 Å². The number of aromatic nitrogens is 4. The molecule has 96 valence electrons. The second kappa shape index (κ2) is 4.62. The van der Waals surface area contributed by atoms with Crippen molar-refractivity contribution in [2.75, 3.05) is 0 Å². The Hall–Kier alpha value is -1.95. The molecule has 0 radical (unpaired) electrons. The van der Waals surface area contributed by atoms with Gasteiger partial charge in [0.15, 0.2) is 0 Å². The SMILES string of the molecule is Cn1ccc(Cn2cnc3cc(Br)ccc3c2=O)n1. The molecule has 1 aromatic carbocycles.